The van der Waals surface area contributed by atoms with Crippen LogP contribution < -0.4 is 10.1 Å². The third kappa shape index (κ3) is 4.16. The zero-order valence-corrected chi connectivity index (χ0v) is 18.6. The Morgan fingerprint density at radius 2 is 1.81 bits per heavy atom. The van der Waals surface area contributed by atoms with Crippen molar-refractivity contribution in [1.82, 2.24) is 4.98 Å². The van der Waals surface area contributed by atoms with Gasteiger partial charge >= 0.3 is 0 Å². The van der Waals surface area contributed by atoms with Crippen LogP contribution in [0.5, 0.6) is 11.5 Å². The average molecular weight is 431 g/mol. The number of phenolic OH excluding ortho intramolecular Hbond substituents is 1. The normalized spacial score (nSPS) is 16.8. The van der Waals surface area contributed by atoms with Gasteiger partial charge in [0, 0.05) is 24.0 Å². The third-order valence-corrected chi connectivity index (χ3v) is 6.89. The number of ketones is 1. The Bertz CT molecular complexity index is 1150. The number of carbonyl (C=O) groups excluding carboxylic acids is 1. The molecule has 2 N–H and O–H groups in total. The second-order valence-electron chi connectivity index (χ2n) is 9.19. The number of benzene rings is 2. The van der Waals surface area contributed by atoms with Gasteiger partial charge in [-0.2, -0.15) is 0 Å². The first-order valence-electron chi connectivity index (χ1n) is 11.7. The summed E-state index contributed by atoms with van der Waals surface area (Å²) in [4.78, 5) is 17.7. The molecule has 0 aliphatic heterocycles. The average Bonchev–Trinajstić information content (AvgIpc) is 3.68. The van der Waals surface area contributed by atoms with Gasteiger partial charge < -0.3 is 15.2 Å². The van der Waals surface area contributed by atoms with Crippen LogP contribution in [0, 0.1) is 11.8 Å². The fourth-order valence-corrected chi connectivity index (χ4v) is 4.81. The molecule has 2 fully saturated rings. The standard InChI is InChI=1S/C27H30N2O3/c1-32-25-14-20(10-12-24(25)30)19-9-11-23-21(13-19)26(29-15-17-5-3-2-4-6-17)22(16-28-23)27(31)18-7-8-18/h9-14,16-18,30H,2-8,15H2,1H3,(H,28,29). The first-order chi connectivity index (χ1) is 15.6. The van der Waals surface area contributed by atoms with E-state index in [9.17, 15) is 9.90 Å². The maximum absolute atomic E-state index is 13.1. The van der Waals surface area contributed by atoms with E-state index in [4.69, 9.17) is 4.74 Å². The molecule has 0 unspecified atom stereocenters. The van der Waals surface area contributed by atoms with E-state index in [2.05, 4.69) is 16.4 Å². The van der Waals surface area contributed by atoms with Crippen LogP contribution in [0.25, 0.3) is 22.0 Å². The molecular weight excluding hydrogens is 400 g/mol. The quantitative estimate of drug-likeness (QED) is 0.437. The molecule has 0 bridgehead atoms. The maximum Gasteiger partial charge on any atom is 0.169 e. The Hall–Kier alpha value is -3.08. The second-order valence-corrected chi connectivity index (χ2v) is 9.19. The number of Topliss-reactive ketones (excluding diaryl/α,β-unsaturated/α-hetero) is 1. The number of nitrogens with one attached hydrogen (secondary N) is 1. The van der Waals surface area contributed by atoms with Crippen LogP contribution in [0.1, 0.15) is 55.3 Å². The monoisotopic (exact) mass is 430 g/mol. The number of nitrogens with zero attached hydrogens (tertiary/aromatic N) is 1. The number of rotatable bonds is 7. The van der Waals surface area contributed by atoms with Crippen LogP contribution in [0.4, 0.5) is 5.69 Å². The van der Waals surface area contributed by atoms with Gasteiger partial charge in [-0.3, -0.25) is 9.78 Å². The van der Waals surface area contributed by atoms with Crippen LogP contribution in [0.2, 0.25) is 0 Å². The molecule has 166 valence electrons. The summed E-state index contributed by atoms with van der Waals surface area (Å²) in [5, 5.41) is 14.6. The fraction of sp³-hybridized carbons (Fsp3) is 0.407. The predicted octanol–water partition coefficient (Wildman–Crippen LogP) is 6.20. The smallest absolute Gasteiger partial charge is 0.169 e. The molecule has 5 nitrogen and oxygen atoms in total. The van der Waals surface area contributed by atoms with Crippen LogP contribution >= 0.6 is 0 Å². The molecule has 1 aromatic heterocycles. The zero-order chi connectivity index (χ0) is 22.1. The van der Waals surface area contributed by atoms with E-state index < -0.39 is 0 Å². The van der Waals surface area contributed by atoms with Crippen molar-refractivity contribution < 1.29 is 14.6 Å². The van der Waals surface area contributed by atoms with Crippen molar-refractivity contribution >= 4 is 22.4 Å². The molecule has 0 spiro atoms. The van der Waals surface area contributed by atoms with Gasteiger partial charge in [-0.25, -0.2) is 0 Å². The minimum absolute atomic E-state index is 0.117. The third-order valence-electron chi connectivity index (χ3n) is 6.89. The molecule has 5 rings (SSSR count). The molecule has 0 amide bonds. The maximum atomic E-state index is 13.1. The summed E-state index contributed by atoms with van der Waals surface area (Å²) in [6.07, 6.45) is 10.1. The topological polar surface area (TPSA) is 71.5 Å². The number of phenols is 1. The minimum Gasteiger partial charge on any atom is -0.504 e. The van der Waals surface area contributed by atoms with Crippen LogP contribution in [-0.2, 0) is 0 Å². The second kappa shape index (κ2) is 8.81. The first-order valence-corrected chi connectivity index (χ1v) is 11.7. The van der Waals surface area contributed by atoms with E-state index >= 15 is 0 Å². The Kier molecular flexibility index (Phi) is 5.73. The van der Waals surface area contributed by atoms with E-state index in [1.165, 1.54) is 32.1 Å². The highest BCUT2D eigenvalue weighted by molar-refractivity contribution is 6.10. The summed E-state index contributed by atoms with van der Waals surface area (Å²) < 4.78 is 5.29. The highest BCUT2D eigenvalue weighted by atomic mass is 16.5. The molecule has 2 aliphatic carbocycles. The summed E-state index contributed by atoms with van der Waals surface area (Å²) in [6, 6.07) is 11.5. The lowest BCUT2D eigenvalue weighted by molar-refractivity contribution is 0.0968. The van der Waals surface area contributed by atoms with Gasteiger partial charge in [-0.05, 0) is 67.0 Å². The van der Waals surface area contributed by atoms with E-state index in [-0.39, 0.29) is 17.5 Å². The number of aromatic nitrogens is 1. The van der Waals surface area contributed by atoms with Crippen molar-refractivity contribution in [2.24, 2.45) is 11.8 Å². The number of carbonyl (C=O) groups is 1. The molecule has 5 heteroatoms. The molecule has 2 aromatic carbocycles. The van der Waals surface area contributed by atoms with E-state index in [0.29, 0.717) is 11.7 Å². The van der Waals surface area contributed by atoms with Gasteiger partial charge in [0.05, 0.1) is 23.9 Å². The number of aromatic hydroxyl groups is 1. The van der Waals surface area contributed by atoms with Crippen LogP contribution in [0.3, 0.4) is 0 Å². The Labute approximate surface area is 188 Å². The zero-order valence-electron chi connectivity index (χ0n) is 18.6. The lowest BCUT2D eigenvalue weighted by atomic mass is 9.89. The van der Waals surface area contributed by atoms with Crippen molar-refractivity contribution in [1.29, 1.82) is 0 Å². The minimum atomic E-state index is 0.117. The summed E-state index contributed by atoms with van der Waals surface area (Å²) in [5.41, 5.74) is 4.45. The number of fused-ring (bicyclic) bond motifs is 1. The molecule has 0 saturated heterocycles. The summed E-state index contributed by atoms with van der Waals surface area (Å²) in [6.45, 7) is 0.890. The van der Waals surface area contributed by atoms with Gasteiger partial charge in [0.25, 0.3) is 0 Å². The SMILES string of the molecule is COc1cc(-c2ccc3ncc(C(=O)C4CC4)c(NCC4CCCCC4)c3c2)ccc1O. The number of anilines is 1. The number of methoxy groups -OCH3 is 1. The molecule has 32 heavy (non-hydrogen) atoms. The molecular formula is C27H30N2O3. The first kappa shape index (κ1) is 20.8. The van der Waals surface area contributed by atoms with E-state index in [0.717, 1.165) is 52.7 Å². The Morgan fingerprint density at radius 1 is 1.06 bits per heavy atom. The highest BCUT2D eigenvalue weighted by Gasteiger charge is 2.32. The Balaban J connectivity index is 1.56. The predicted molar refractivity (Wildman–Crippen MR) is 128 cm³/mol. The molecule has 1 heterocycles. The molecule has 0 radical (unpaired) electrons. The lowest BCUT2D eigenvalue weighted by Gasteiger charge is -2.23. The van der Waals surface area contributed by atoms with Crippen molar-refractivity contribution in [3.8, 4) is 22.6 Å². The van der Waals surface area contributed by atoms with Crippen molar-refractivity contribution in [3.63, 3.8) is 0 Å². The fourth-order valence-electron chi connectivity index (χ4n) is 4.81. The number of ether oxygens (including phenoxy) is 1. The van der Waals surface area contributed by atoms with Crippen molar-refractivity contribution in [3.05, 3.63) is 48.2 Å². The lowest BCUT2D eigenvalue weighted by Crippen LogP contribution is -2.19. The van der Waals surface area contributed by atoms with Gasteiger partial charge in [0.15, 0.2) is 17.3 Å². The van der Waals surface area contributed by atoms with E-state index in [1.54, 1.807) is 19.4 Å². The van der Waals surface area contributed by atoms with Gasteiger partial charge in [0.2, 0.25) is 0 Å². The largest absolute Gasteiger partial charge is 0.504 e. The van der Waals surface area contributed by atoms with Gasteiger partial charge in [0.1, 0.15) is 0 Å². The molecule has 2 saturated carbocycles. The number of hydrogen-bond acceptors (Lipinski definition) is 5. The van der Waals surface area contributed by atoms with Gasteiger partial charge in [-0.15, -0.1) is 0 Å². The number of hydrogen-bond donors (Lipinski definition) is 2. The van der Waals surface area contributed by atoms with Crippen LogP contribution in [-0.4, -0.2) is 29.5 Å². The van der Waals surface area contributed by atoms with Gasteiger partial charge in [-0.1, -0.05) is 31.4 Å². The summed E-state index contributed by atoms with van der Waals surface area (Å²) >= 11 is 0. The molecule has 3 aromatic rings. The number of pyridine rings is 1. The van der Waals surface area contributed by atoms with Crippen molar-refractivity contribution in [2.75, 3.05) is 19.0 Å². The highest BCUT2D eigenvalue weighted by Crippen LogP contribution is 2.39. The van der Waals surface area contributed by atoms with Crippen LogP contribution in [0.15, 0.2) is 42.6 Å². The summed E-state index contributed by atoms with van der Waals surface area (Å²) in [5.74, 6) is 1.57. The van der Waals surface area contributed by atoms with E-state index in [1.807, 2.05) is 24.3 Å². The van der Waals surface area contributed by atoms with Crippen molar-refractivity contribution in [2.45, 2.75) is 44.9 Å². The summed E-state index contributed by atoms with van der Waals surface area (Å²) in [7, 11) is 1.55. The molecule has 0 atom stereocenters. The Morgan fingerprint density at radius 3 is 2.56 bits per heavy atom. The molecule has 2 aliphatic rings.